The second-order valence-electron chi connectivity index (χ2n) is 6.36. The summed E-state index contributed by atoms with van der Waals surface area (Å²) in [6, 6.07) is 12.8. The molecule has 26 heavy (non-hydrogen) atoms. The lowest BCUT2D eigenvalue weighted by molar-refractivity contribution is 0.255. The maximum absolute atomic E-state index is 13.3. The minimum Gasteiger partial charge on any atom is -0.495 e. The van der Waals surface area contributed by atoms with E-state index < -0.39 is 21.9 Å². The number of benzene rings is 2. The zero-order valence-corrected chi connectivity index (χ0v) is 15.6. The number of amides is 2. The van der Waals surface area contributed by atoms with Crippen LogP contribution in [-0.2, 0) is 9.84 Å². The lowest BCUT2D eigenvalue weighted by atomic mass is 10.1. The van der Waals surface area contributed by atoms with Crippen LogP contribution in [0.5, 0.6) is 5.75 Å². The van der Waals surface area contributed by atoms with E-state index in [1.807, 2.05) is 0 Å². The number of anilines is 2. The van der Waals surface area contributed by atoms with Gasteiger partial charge in [-0.15, -0.1) is 0 Å². The summed E-state index contributed by atoms with van der Waals surface area (Å²) < 4.78 is 30.0. The highest BCUT2D eigenvalue weighted by molar-refractivity contribution is 7.91. The molecule has 2 fully saturated rings. The highest BCUT2D eigenvalue weighted by Gasteiger charge is 2.55. The molecule has 6 nitrogen and oxygen atoms in total. The molecule has 0 aliphatic carbocycles. The third-order valence-corrected chi connectivity index (χ3v) is 6.84. The second kappa shape index (κ2) is 6.17. The predicted octanol–water partition coefficient (Wildman–Crippen LogP) is 2.96. The number of methoxy groups -OCH3 is 1. The molecule has 2 atom stereocenters. The molecule has 136 valence electrons. The molecule has 0 spiro atoms. The summed E-state index contributed by atoms with van der Waals surface area (Å²) in [5.74, 6) is 0.354. The van der Waals surface area contributed by atoms with Gasteiger partial charge in [-0.1, -0.05) is 35.9 Å². The molecule has 8 heteroatoms. The number of rotatable bonds is 3. The molecule has 0 saturated carbocycles. The molecule has 0 bridgehead atoms. The number of urea groups is 1. The van der Waals surface area contributed by atoms with Gasteiger partial charge >= 0.3 is 6.03 Å². The summed E-state index contributed by atoms with van der Waals surface area (Å²) in [5.41, 5.74) is 1.07. The molecule has 0 N–H and O–H groups in total. The third kappa shape index (κ3) is 2.62. The number of fused-ring (bicyclic) bond motifs is 1. The Morgan fingerprint density at radius 3 is 2.12 bits per heavy atom. The van der Waals surface area contributed by atoms with Gasteiger partial charge in [-0.2, -0.15) is 0 Å². The Bertz CT molecular complexity index is 979. The normalized spacial score (nSPS) is 24.0. The number of sulfone groups is 1. The highest BCUT2D eigenvalue weighted by Crippen LogP contribution is 2.42. The Balaban J connectivity index is 1.86. The van der Waals surface area contributed by atoms with Crippen LogP contribution >= 0.6 is 11.6 Å². The molecule has 2 aliphatic rings. The van der Waals surface area contributed by atoms with E-state index in [0.717, 1.165) is 0 Å². The van der Waals surface area contributed by atoms with Crippen molar-refractivity contribution < 1.29 is 17.9 Å². The predicted molar refractivity (Wildman–Crippen MR) is 101 cm³/mol. The number of para-hydroxylation sites is 3. The van der Waals surface area contributed by atoms with Crippen LogP contribution in [0.4, 0.5) is 16.2 Å². The van der Waals surface area contributed by atoms with Gasteiger partial charge in [-0.3, -0.25) is 9.80 Å². The van der Waals surface area contributed by atoms with Gasteiger partial charge in [0, 0.05) is 0 Å². The lowest BCUT2D eigenvalue weighted by Crippen LogP contribution is -2.38. The van der Waals surface area contributed by atoms with E-state index in [0.29, 0.717) is 22.1 Å². The Labute approximate surface area is 156 Å². The average Bonchev–Trinajstić information content (AvgIpc) is 3.04. The SMILES string of the molecule is COc1ccccc1N1C(=O)N(c2ccccc2Cl)[C@H]2CS(=O)(=O)C[C@H]21. The van der Waals surface area contributed by atoms with Gasteiger partial charge in [-0.25, -0.2) is 13.2 Å². The summed E-state index contributed by atoms with van der Waals surface area (Å²) in [6.07, 6.45) is 0. The first kappa shape index (κ1) is 17.2. The van der Waals surface area contributed by atoms with Crippen LogP contribution < -0.4 is 14.5 Å². The van der Waals surface area contributed by atoms with Gasteiger partial charge in [0.15, 0.2) is 9.84 Å². The van der Waals surface area contributed by atoms with Crippen LogP contribution in [0.2, 0.25) is 5.02 Å². The first-order valence-electron chi connectivity index (χ1n) is 8.13. The summed E-state index contributed by atoms with van der Waals surface area (Å²) in [4.78, 5) is 16.3. The number of nitrogens with zero attached hydrogens (tertiary/aromatic N) is 2. The Hall–Kier alpha value is -2.25. The Kier molecular flexibility index (Phi) is 4.08. The van der Waals surface area contributed by atoms with Crippen molar-refractivity contribution in [1.29, 1.82) is 0 Å². The molecule has 0 aromatic heterocycles. The van der Waals surface area contributed by atoms with Crippen molar-refractivity contribution in [3.63, 3.8) is 0 Å². The molecular formula is C18H17ClN2O4S. The molecule has 2 aromatic carbocycles. The van der Waals surface area contributed by atoms with Crippen LogP contribution in [0.15, 0.2) is 48.5 Å². The molecular weight excluding hydrogens is 376 g/mol. The largest absolute Gasteiger partial charge is 0.495 e. The van der Waals surface area contributed by atoms with Crippen LogP contribution in [0.3, 0.4) is 0 Å². The number of halogens is 1. The fraction of sp³-hybridized carbons (Fsp3) is 0.278. The van der Waals surface area contributed by atoms with Gasteiger partial charge < -0.3 is 4.74 Å². The Morgan fingerprint density at radius 1 is 0.962 bits per heavy atom. The van der Waals surface area contributed by atoms with Crippen molar-refractivity contribution in [2.24, 2.45) is 0 Å². The van der Waals surface area contributed by atoms with E-state index >= 15 is 0 Å². The van der Waals surface area contributed by atoms with E-state index in [-0.39, 0.29) is 17.5 Å². The molecule has 0 unspecified atom stereocenters. The van der Waals surface area contributed by atoms with Crippen molar-refractivity contribution in [2.45, 2.75) is 12.1 Å². The van der Waals surface area contributed by atoms with Crippen molar-refractivity contribution >= 4 is 38.8 Å². The summed E-state index contributed by atoms with van der Waals surface area (Å²) in [5, 5.41) is 0.408. The lowest BCUT2D eigenvalue weighted by Gasteiger charge is -2.24. The highest BCUT2D eigenvalue weighted by atomic mass is 35.5. The summed E-state index contributed by atoms with van der Waals surface area (Å²) in [7, 11) is -1.74. The molecule has 0 radical (unpaired) electrons. The molecule has 2 amide bonds. The van der Waals surface area contributed by atoms with Gasteiger partial charge in [0.2, 0.25) is 0 Å². The van der Waals surface area contributed by atoms with E-state index in [9.17, 15) is 13.2 Å². The van der Waals surface area contributed by atoms with E-state index in [4.69, 9.17) is 16.3 Å². The summed E-state index contributed by atoms with van der Waals surface area (Å²) >= 11 is 6.30. The van der Waals surface area contributed by atoms with Crippen LogP contribution in [0.25, 0.3) is 0 Å². The van der Waals surface area contributed by atoms with Gasteiger partial charge in [-0.05, 0) is 24.3 Å². The van der Waals surface area contributed by atoms with Gasteiger partial charge in [0.25, 0.3) is 0 Å². The van der Waals surface area contributed by atoms with E-state index in [2.05, 4.69) is 0 Å². The summed E-state index contributed by atoms with van der Waals surface area (Å²) in [6.45, 7) is 0. The molecule has 2 saturated heterocycles. The van der Waals surface area contributed by atoms with Crippen LogP contribution in [0.1, 0.15) is 0 Å². The Morgan fingerprint density at radius 2 is 1.50 bits per heavy atom. The minimum absolute atomic E-state index is 0.0809. The van der Waals surface area contributed by atoms with E-state index in [1.165, 1.54) is 16.9 Å². The smallest absolute Gasteiger partial charge is 0.329 e. The number of ether oxygens (including phenoxy) is 1. The second-order valence-corrected chi connectivity index (χ2v) is 8.92. The molecule has 4 rings (SSSR count). The molecule has 2 aromatic rings. The first-order valence-corrected chi connectivity index (χ1v) is 10.3. The third-order valence-electron chi connectivity index (χ3n) is 4.83. The first-order chi connectivity index (χ1) is 12.4. The van der Waals surface area contributed by atoms with Crippen LogP contribution in [0, 0.1) is 0 Å². The zero-order valence-electron chi connectivity index (χ0n) is 14.0. The maximum atomic E-state index is 13.3. The fourth-order valence-electron chi connectivity index (χ4n) is 3.74. The van der Waals surface area contributed by atoms with Crippen molar-refractivity contribution in [3.05, 3.63) is 53.6 Å². The number of hydrogen-bond acceptors (Lipinski definition) is 4. The van der Waals surface area contributed by atoms with Gasteiger partial charge in [0.05, 0.1) is 47.1 Å². The van der Waals surface area contributed by atoms with Gasteiger partial charge in [0.1, 0.15) is 5.75 Å². The fourth-order valence-corrected chi connectivity index (χ4v) is 5.89. The minimum atomic E-state index is -3.26. The van der Waals surface area contributed by atoms with Crippen molar-refractivity contribution in [1.82, 2.24) is 0 Å². The quantitative estimate of drug-likeness (QED) is 0.753. The molecule has 2 aliphatic heterocycles. The van der Waals surface area contributed by atoms with Crippen molar-refractivity contribution in [3.8, 4) is 5.75 Å². The molecule has 2 heterocycles. The monoisotopic (exact) mass is 392 g/mol. The zero-order chi connectivity index (χ0) is 18.5. The van der Waals surface area contributed by atoms with Crippen molar-refractivity contribution in [2.75, 3.05) is 28.4 Å². The topological polar surface area (TPSA) is 66.9 Å². The standard InChI is InChI=1S/C18H17ClN2O4S/c1-25-17-9-5-4-8-14(17)21-16-11-26(23,24)10-15(16)20(18(21)22)13-7-3-2-6-12(13)19/h2-9,15-16H,10-11H2,1H3/t15-,16+/m0/s1. The number of hydrogen-bond donors (Lipinski definition) is 0. The van der Waals surface area contributed by atoms with Crippen LogP contribution in [-0.4, -0.2) is 45.1 Å². The maximum Gasteiger partial charge on any atom is 0.329 e. The van der Waals surface area contributed by atoms with E-state index in [1.54, 1.807) is 48.5 Å². The number of carbonyl (C=O) groups excluding carboxylic acids is 1. The average molecular weight is 393 g/mol. The number of carbonyl (C=O) groups is 1.